The molecular weight excluding hydrogens is 294 g/mol. The van der Waals surface area contributed by atoms with Crippen LogP contribution in [-0.2, 0) is 18.4 Å². The predicted molar refractivity (Wildman–Crippen MR) is 95.9 cm³/mol. The van der Waals surface area contributed by atoms with E-state index in [2.05, 4.69) is 51.1 Å². The highest BCUT2D eigenvalue weighted by molar-refractivity contribution is 5.85. The lowest BCUT2D eigenvalue weighted by molar-refractivity contribution is 0.297. The Morgan fingerprint density at radius 2 is 1.64 bits per heavy atom. The molecule has 3 heteroatoms. The van der Waals surface area contributed by atoms with Crippen LogP contribution in [0.4, 0.5) is 0 Å². The van der Waals surface area contributed by atoms with Gasteiger partial charge in [-0.15, -0.1) is 12.4 Å². The first-order valence-electron chi connectivity index (χ1n) is 7.51. The Morgan fingerprint density at radius 1 is 0.955 bits per heavy atom. The molecule has 0 heterocycles. The van der Waals surface area contributed by atoms with Gasteiger partial charge in [0.25, 0.3) is 0 Å². The second kappa shape index (κ2) is 8.21. The van der Waals surface area contributed by atoms with Gasteiger partial charge in [-0.1, -0.05) is 63.2 Å². The molecule has 0 unspecified atom stereocenters. The summed E-state index contributed by atoms with van der Waals surface area (Å²) in [5.41, 5.74) is 9.41. The Hall–Kier alpha value is -1.51. The van der Waals surface area contributed by atoms with Crippen molar-refractivity contribution in [3.63, 3.8) is 0 Å². The van der Waals surface area contributed by atoms with Crippen molar-refractivity contribution in [3.05, 3.63) is 65.2 Å². The highest BCUT2D eigenvalue weighted by Gasteiger charge is 2.19. The average molecular weight is 320 g/mol. The first kappa shape index (κ1) is 18.5. The van der Waals surface area contributed by atoms with E-state index < -0.39 is 0 Å². The predicted octanol–water partition coefficient (Wildman–Crippen LogP) is 4.49. The van der Waals surface area contributed by atoms with E-state index in [1.165, 1.54) is 16.7 Å². The van der Waals surface area contributed by atoms with Gasteiger partial charge in [0.05, 0.1) is 0 Å². The van der Waals surface area contributed by atoms with E-state index in [1.807, 2.05) is 18.2 Å². The fourth-order valence-corrected chi connectivity index (χ4v) is 2.35. The quantitative estimate of drug-likeness (QED) is 0.881. The van der Waals surface area contributed by atoms with Crippen LogP contribution in [0.1, 0.15) is 37.5 Å². The van der Waals surface area contributed by atoms with Crippen molar-refractivity contribution in [2.45, 2.75) is 39.2 Å². The van der Waals surface area contributed by atoms with E-state index in [-0.39, 0.29) is 17.8 Å². The fraction of sp³-hybridized carbons (Fsp3) is 0.368. The lowest BCUT2D eigenvalue weighted by Gasteiger charge is -2.24. The standard InChI is InChI=1S/C19H25NO.ClH/c1-19(2,3)17-13-15(11-12-20)9-10-18(17)21-14-16-7-5-4-6-8-16;/h4-10,13H,11-12,14,20H2,1-3H3;1H. The second-order valence-corrected chi connectivity index (χ2v) is 6.39. The molecule has 0 radical (unpaired) electrons. The Kier molecular flexibility index (Phi) is 6.92. The second-order valence-electron chi connectivity index (χ2n) is 6.39. The molecule has 2 nitrogen and oxygen atoms in total. The Balaban J connectivity index is 0.00000242. The normalized spacial score (nSPS) is 10.9. The Morgan fingerprint density at radius 3 is 2.23 bits per heavy atom. The van der Waals surface area contributed by atoms with Crippen LogP contribution in [0, 0.1) is 0 Å². The summed E-state index contributed by atoms with van der Waals surface area (Å²) >= 11 is 0. The van der Waals surface area contributed by atoms with Crippen molar-refractivity contribution < 1.29 is 4.74 Å². The van der Waals surface area contributed by atoms with Crippen molar-refractivity contribution in [1.29, 1.82) is 0 Å². The van der Waals surface area contributed by atoms with Crippen molar-refractivity contribution in [2.24, 2.45) is 5.73 Å². The highest BCUT2D eigenvalue weighted by Crippen LogP contribution is 2.32. The summed E-state index contributed by atoms with van der Waals surface area (Å²) in [7, 11) is 0. The molecule has 0 fully saturated rings. The van der Waals surface area contributed by atoms with Crippen LogP contribution in [0.25, 0.3) is 0 Å². The van der Waals surface area contributed by atoms with Gasteiger partial charge in [-0.25, -0.2) is 0 Å². The van der Waals surface area contributed by atoms with Gasteiger partial charge in [-0.3, -0.25) is 0 Å². The summed E-state index contributed by atoms with van der Waals surface area (Å²) in [6, 6.07) is 16.7. The molecule has 0 aliphatic rings. The molecular formula is C19H26ClNO. The van der Waals surface area contributed by atoms with E-state index in [0.717, 1.165) is 12.2 Å². The number of hydrogen-bond acceptors (Lipinski definition) is 2. The van der Waals surface area contributed by atoms with Crippen LogP contribution in [0.3, 0.4) is 0 Å². The van der Waals surface area contributed by atoms with Gasteiger partial charge in [-0.2, -0.15) is 0 Å². The zero-order chi connectivity index (χ0) is 15.3. The SMILES string of the molecule is CC(C)(C)c1cc(CCN)ccc1OCc1ccccc1.Cl. The fourth-order valence-electron chi connectivity index (χ4n) is 2.35. The molecule has 2 aromatic rings. The lowest BCUT2D eigenvalue weighted by atomic mass is 9.85. The maximum Gasteiger partial charge on any atom is 0.123 e. The van der Waals surface area contributed by atoms with Gasteiger partial charge in [0.2, 0.25) is 0 Å². The third kappa shape index (κ3) is 5.04. The summed E-state index contributed by atoms with van der Waals surface area (Å²) in [5, 5.41) is 0. The first-order chi connectivity index (χ1) is 10.0. The summed E-state index contributed by atoms with van der Waals surface area (Å²) < 4.78 is 6.05. The molecule has 120 valence electrons. The van der Waals surface area contributed by atoms with Crippen LogP contribution in [0.2, 0.25) is 0 Å². The minimum absolute atomic E-state index is 0. The van der Waals surface area contributed by atoms with E-state index in [1.54, 1.807) is 0 Å². The number of halogens is 1. The third-order valence-electron chi connectivity index (χ3n) is 3.52. The summed E-state index contributed by atoms with van der Waals surface area (Å²) in [4.78, 5) is 0. The number of ether oxygens (including phenoxy) is 1. The molecule has 0 spiro atoms. The topological polar surface area (TPSA) is 35.2 Å². The molecule has 0 aromatic heterocycles. The van der Waals surface area contributed by atoms with E-state index >= 15 is 0 Å². The van der Waals surface area contributed by atoms with Gasteiger partial charge in [-0.05, 0) is 41.1 Å². The summed E-state index contributed by atoms with van der Waals surface area (Å²) in [5.74, 6) is 0.965. The van der Waals surface area contributed by atoms with Crippen molar-refractivity contribution in [2.75, 3.05) is 6.54 Å². The number of nitrogens with two attached hydrogens (primary N) is 1. The van der Waals surface area contributed by atoms with Gasteiger partial charge in [0.1, 0.15) is 12.4 Å². The average Bonchev–Trinajstić information content (AvgIpc) is 2.46. The first-order valence-corrected chi connectivity index (χ1v) is 7.51. The molecule has 0 atom stereocenters. The molecule has 2 N–H and O–H groups in total. The van der Waals surface area contributed by atoms with E-state index in [4.69, 9.17) is 10.5 Å². The molecule has 0 aliphatic carbocycles. The minimum Gasteiger partial charge on any atom is -0.489 e. The monoisotopic (exact) mass is 319 g/mol. The van der Waals surface area contributed by atoms with Crippen LogP contribution in [0.15, 0.2) is 48.5 Å². The maximum atomic E-state index is 6.05. The van der Waals surface area contributed by atoms with Crippen molar-refractivity contribution >= 4 is 12.4 Å². The van der Waals surface area contributed by atoms with Crippen LogP contribution in [0.5, 0.6) is 5.75 Å². The van der Waals surface area contributed by atoms with Gasteiger partial charge >= 0.3 is 0 Å². The minimum atomic E-state index is 0. The molecule has 2 aromatic carbocycles. The Labute approximate surface area is 140 Å². The highest BCUT2D eigenvalue weighted by atomic mass is 35.5. The van der Waals surface area contributed by atoms with Gasteiger partial charge in [0, 0.05) is 0 Å². The number of hydrogen-bond donors (Lipinski definition) is 1. The van der Waals surface area contributed by atoms with Crippen LogP contribution in [-0.4, -0.2) is 6.54 Å². The van der Waals surface area contributed by atoms with Crippen LogP contribution < -0.4 is 10.5 Å². The molecule has 0 aliphatic heterocycles. The lowest BCUT2D eigenvalue weighted by Crippen LogP contribution is -2.14. The third-order valence-corrected chi connectivity index (χ3v) is 3.52. The Bertz CT molecular complexity index is 576. The molecule has 0 amide bonds. The van der Waals surface area contributed by atoms with Crippen molar-refractivity contribution in [1.82, 2.24) is 0 Å². The van der Waals surface area contributed by atoms with Gasteiger partial charge < -0.3 is 10.5 Å². The molecule has 0 saturated carbocycles. The smallest absolute Gasteiger partial charge is 0.123 e. The maximum absolute atomic E-state index is 6.05. The van der Waals surface area contributed by atoms with Crippen molar-refractivity contribution in [3.8, 4) is 5.75 Å². The molecule has 0 saturated heterocycles. The largest absolute Gasteiger partial charge is 0.489 e. The van der Waals surface area contributed by atoms with E-state index in [9.17, 15) is 0 Å². The van der Waals surface area contributed by atoms with Crippen LogP contribution >= 0.6 is 12.4 Å². The molecule has 22 heavy (non-hydrogen) atoms. The summed E-state index contributed by atoms with van der Waals surface area (Å²) in [6.07, 6.45) is 0.905. The number of benzene rings is 2. The molecule has 2 rings (SSSR count). The summed E-state index contributed by atoms with van der Waals surface area (Å²) in [6.45, 7) is 7.91. The number of rotatable bonds is 5. The van der Waals surface area contributed by atoms with E-state index in [0.29, 0.717) is 13.2 Å². The van der Waals surface area contributed by atoms with Gasteiger partial charge in [0.15, 0.2) is 0 Å². The zero-order valence-electron chi connectivity index (χ0n) is 13.6. The molecule has 0 bridgehead atoms. The zero-order valence-corrected chi connectivity index (χ0v) is 14.5.